The molecule has 4 heteroatoms. The molecule has 1 aliphatic carbocycles. The molecule has 0 aromatic heterocycles. The number of nitrogens with zero attached hydrogens (tertiary/aromatic N) is 2. The van der Waals surface area contributed by atoms with Crippen molar-refractivity contribution >= 4 is 5.91 Å². The topological polar surface area (TPSA) is 49.6 Å². The maximum absolute atomic E-state index is 12.8. The van der Waals surface area contributed by atoms with Crippen LogP contribution in [0.15, 0.2) is 0 Å². The van der Waals surface area contributed by atoms with E-state index in [0.717, 1.165) is 45.2 Å². The highest BCUT2D eigenvalue weighted by atomic mass is 16.2. The number of nitrogens with two attached hydrogens (primary N) is 1. The van der Waals surface area contributed by atoms with Crippen molar-refractivity contribution in [1.82, 2.24) is 9.80 Å². The summed E-state index contributed by atoms with van der Waals surface area (Å²) in [7, 11) is 4.16. The zero-order valence-electron chi connectivity index (χ0n) is 12.5. The summed E-state index contributed by atoms with van der Waals surface area (Å²) in [5.41, 5.74) is 6.24. The number of carbonyl (C=O) groups is 1. The molecule has 19 heavy (non-hydrogen) atoms. The van der Waals surface area contributed by atoms with Crippen LogP contribution in [0.2, 0.25) is 0 Å². The number of hydrogen-bond acceptors (Lipinski definition) is 3. The zero-order valence-corrected chi connectivity index (χ0v) is 12.5. The van der Waals surface area contributed by atoms with Gasteiger partial charge in [-0.25, -0.2) is 0 Å². The van der Waals surface area contributed by atoms with Crippen LogP contribution in [0.3, 0.4) is 0 Å². The zero-order chi connectivity index (χ0) is 13.8. The minimum Gasteiger partial charge on any atom is -0.338 e. The van der Waals surface area contributed by atoms with Crippen molar-refractivity contribution in [3.8, 4) is 0 Å². The fourth-order valence-electron chi connectivity index (χ4n) is 3.59. The lowest BCUT2D eigenvalue weighted by Gasteiger charge is -2.32. The molecular weight excluding hydrogens is 238 g/mol. The van der Waals surface area contributed by atoms with E-state index < -0.39 is 0 Å². The average molecular weight is 267 g/mol. The van der Waals surface area contributed by atoms with Crippen LogP contribution in [0.4, 0.5) is 0 Å². The Bertz CT molecular complexity index is 306. The summed E-state index contributed by atoms with van der Waals surface area (Å²) in [6.07, 6.45) is 7.88. The van der Waals surface area contributed by atoms with Crippen LogP contribution in [0.25, 0.3) is 0 Å². The van der Waals surface area contributed by atoms with E-state index in [1.54, 1.807) is 0 Å². The molecule has 4 nitrogen and oxygen atoms in total. The normalized spacial score (nSPS) is 32.6. The Morgan fingerprint density at radius 1 is 1.16 bits per heavy atom. The predicted octanol–water partition coefficient (Wildman–Crippen LogP) is 1.45. The molecule has 3 atom stereocenters. The van der Waals surface area contributed by atoms with Gasteiger partial charge in [0, 0.05) is 25.2 Å². The first-order valence-corrected chi connectivity index (χ1v) is 7.80. The lowest BCUT2D eigenvalue weighted by molar-refractivity contribution is -0.137. The largest absolute Gasteiger partial charge is 0.338 e. The molecule has 2 N–H and O–H groups in total. The van der Waals surface area contributed by atoms with Gasteiger partial charge < -0.3 is 15.5 Å². The van der Waals surface area contributed by atoms with Gasteiger partial charge in [-0.1, -0.05) is 19.3 Å². The summed E-state index contributed by atoms with van der Waals surface area (Å²) in [5, 5.41) is 0. The third kappa shape index (κ3) is 3.69. The molecule has 1 saturated heterocycles. The summed E-state index contributed by atoms with van der Waals surface area (Å²) in [6, 6.07) is 0.480. The Morgan fingerprint density at radius 2 is 1.89 bits per heavy atom. The minimum absolute atomic E-state index is 0.0743. The first-order valence-electron chi connectivity index (χ1n) is 7.80. The molecule has 0 radical (unpaired) electrons. The Kier molecular flexibility index (Phi) is 5.22. The van der Waals surface area contributed by atoms with Gasteiger partial charge in [-0.3, -0.25) is 4.79 Å². The summed E-state index contributed by atoms with van der Waals surface area (Å²) >= 11 is 0. The number of carbonyl (C=O) groups excluding carboxylic acids is 1. The van der Waals surface area contributed by atoms with Gasteiger partial charge in [0.05, 0.1) is 5.92 Å². The van der Waals surface area contributed by atoms with Gasteiger partial charge in [-0.15, -0.1) is 0 Å². The van der Waals surface area contributed by atoms with Crippen molar-refractivity contribution in [2.24, 2.45) is 11.7 Å². The summed E-state index contributed by atoms with van der Waals surface area (Å²) in [5.74, 6) is 0.406. The van der Waals surface area contributed by atoms with Gasteiger partial charge >= 0.3 is 0 Å². The molecule has 2 fully saturated rings. The molecule has 1 amide bonds. The number of amides is 1. The Labute approximate surface area is 117 Å². The Balaban J connectivity index is 2.00. The third-order valence-corrected chi connectivity index (χ3v) is 4.62. The lowest BCUT2D eigenvalue weighted by Crippen LogP contribution is -2.48. The second kappa shape index (κ2) is 6.71. The van der Waals surface area contributed by atoms with Crippen molar-refractivity contribution < 1.29 is 4.79 Å². The molecule has 0 aromatic rings. The fourth-order valence-corrected chi connectivity index (χ4v) is 3.59. The van der Waals surface area contributed by atoms with E-state index >= 15 is 0 Å². The van der Waals surface area contributed by atoms with Gasteiger partial charge in [0.25, 0.3) is 0 Å². The quantitative estimate of drug-likeness (QED) is 0.787. The van der Waals surface area contributed by atoms with E-state index in [1.165, 1.54) is 12.8 Å². The summed E-state index contributed by atoms with van der Waals surface area (Å²) in [4.78, 5) is 17.1. The molecule has 0 spiro atoms. The molecular formula is C15H29N3O. The molecule has 1 saturated carbocycles. The van der Waals surface area contributed by atoms with Crippen molar-refractivity contribution in [3.05, 3.63) is 0 Å². The van der Waals surface area contributed by atoms with Gasteiger partial charge in [-0.2, -0.15) is 0 Å². The Morgan fingerprint density at radius 3 is 2.63 bits per heavy atom. The molecule has 110 valence electrons. The third-order valence-electron chi connectivity index (χ3n) is 4.62. The highest BCUT2D eigenvalue weighted by Gasteiger charge is 2.36. The van der Waals surface area contributed by atoms with Crippen LogP contribution < -0.4 is 5.73 Å². The maximum atomic E-state index is 12.8. The lowest BCUT2D eigenvalue weighted by atomic mass is 9.93. The van der Waals surface area contributed by atoms with Crippen LogP contribution in [0.5, 0.6) is 0 Å². The van der Waals surface area contributed by atoms with E-state index in [-0.39, 0.29) is 12.0 Å². The van der Waals surface area contributed by atoms with E-state index in [2.05, 4.69) is 23.9 Å². The second-order valence-corrected chi connectivity index (χ2v) is 6.50. The first kappa shape index (κ1) is 14.8. The van der Waals surface area contributed by atoms with Gasteiger partial charge in [0.15, 0.2) is 0 Å². The molecule has 1 heterocycles. The smallest absolute Gasteiger partial charge is 0.227 e. The van der Waals surface area contributed by atoms with Gasteiger partial charge in [0.1, 0.15) is 0 Å². The first-order chi connectivity index (χ1) is 9.09. The van der Waals surface area contributed by atoms with Crippen molar-refractivity contribution in [3.63, 3.8) is 0 Å². The van der Waals surface area contributed by atoms with Gasteiger partial charge in [0.2, 0.25) is 5.91 Å². The highest BCUT2D eigenvalue weighted by Crippen LogP contribution is 2.27. The fraction of sp³-hybridized carbons (Fsp3) is 0.933. The molecule has 2 aliphatic rings. The predicted molar refractivity (Wildman–Crippen MR) is 77.8 cm³/mol. The van der Waals surface area contributed by atoms with Gasteiger partial charge in [-0.05, 0) is 39.8 Å². The van der Waals surface area contributed by atoms with Crippen molar-refractivity contribution in [1.29, 1.82) is 0 Å². The molecule has 3 unspecified atom stereocenters. The summed E-state index contributed by atoms with van der Waals surface area (Å²) in [6.45, 7) is 1.91. The number of rotatable bonds is 3. The molecule has 0 bridgehead atoms. The average Bonchev–Trinajstić information content (AvgIpc) is 2.69. The number of likely N-dealkylation sites (tertiary alicyclic amines) is 1. The monoisotopic (exact) mass is 267 g/mol. The number of likely N-dealkylation sites (N-methyl/N-ethyl adjacent to an activating group) is 1. The second-order valence-electron chi connectivity index (χ2n) is 6.50. The van der Waals surface area contributed by atoms with Crippen LogP contribution in [-0.4, -0.2) is 55.0 Å². The summed E-state index contributed by atoms with van der Waals surface area (Å²) < 4.78 is 0. The Hall–Kier alpha value is -0.610. The van der Waals surface area contributed by atoms with E-state index in [4.69, 9.17) is 5.73 Å². The van der Waals surface area contributed by atoms with E-state index in [1.807, 2.05) is 0 Å². The van der Waals surface area contributed by atoms with Crippen LogP contribution in [0.1, 0.15) is 44.9 Å². The van der Waals surface area contributed by atoms with Crippen molar-refractivity contribution in [2.45, 2.75) is 57.0 Å². The molecule has 1 aliphatic heterocycles. The SMILES string of the molecule is CN(C)CC1CCCN1C(=O)C1CCCCCC1N. The van der Waals surface area contributed by atoms with Crippen LogP contribution in [0, 0.1) is 5.92 Å². The standard InChI is InChI=1S/C15H29N3O/c1-17(2)11-12-7-6-10-18(12)15(19)13-8-4-3-5-9-14(13)16/h12-14H,3-11,16H2,1-2H3. The highest BCUT2D eigenvalue weighted by molar-refractivity contribution is 5.80. The van der Waals surface area contributed by atoms with E-state index in [0.29, 0.717) is 11.9 Å². The number of hydrogen-bond donors (Lipinski definition) is 1. The molecule has 0 aromatic carbocycles. The molecule has 2 rings (SSSR count). The minimum atomic E-state index is 0.0743. The van der Waals surface area contributed by atoms with Crippen LogP contribution >= 0.6 is 0 Å². The van der Waals surface area contributed by atoms with Crippen molar-refractivity contribution in [2.75, 3.05) is 27.2 Å². The maximum Gasteiger partial charge on any atom is 0.227 e. The van der Waals surface area contributed by atoms with Crippen LogP contribution in [-0.2, 0) is 4.79 Å². The van der Waals surface area contributed by atoms with E-state index in [9.17, 15) is 4.79 Å².